The summed E-state index contributed by atoms with van der Waals surface area (Å²) in [4.78, 5) is 34.6. The molecule has 0 saturated heterocycles. The van der Waals surface area contributed by atoms with Crippen LogP contribution in [0.3, 0.4) is 0 Å². The van der Waals surface area contributed by atoms with E-state index in [1.165, 1.54) is 37.3 Å². The van der Waals surface area contributed by atoms with Crippen LogP contribution in [0.5, 0.6) is 0 Å². The fourth-order valence-corrected chi connectivity index (χ4v) is 2.72. The van der Waals surface area contributed by atoms with Gasteiger partial charge in [-0.3, -0.25) is 30.6 Å². The van der Waals surface area contributed by atoms with E-state index in [0.29, 0.717) is 0 Å². The number of hydrazine groups is 1. The molecule has 12 heteroatoms. The molecule has 160 valence electrons. The Kier molecular flexibility index (Phi) is 5.72. The molecule has 3 rings (SSSR count). The molecule has 31 heavy (non-hydrogen) atoms. The van der Waals surface area contributed by atoms with Gasteiger partial charge in [-0.2, -0.15) is 18.3 Å². The van der Waals surface area contributed by atoms with Gasteiger partial charge < -0.3 is 0 Å². The van der Waals surface area contributed by atoms with Crippen LogP contribution in [0.4, 0.5) is 18.9 Å². The molecule has 2 amide bonds. The number of rotatable bonds is 4. The van der Waals surface area contributed by atoms with E-state index < -0.39 is 28.5 Å². The number of nitro groups is 1. The summed E-state index contributed by atoms with van der Waals surface area (Å²) in [6, 6.07) is 9.33. The molecule has 1 aromatic heterocycles. The van der Waals surface area contributed by atoms with Crippen LogP contribution in [0.2, 0.25) is 0 Å². The number of carbonyl (C=O) groups excluding carboxylic acids is 2. The van der Waals surface area contributed by atoms with Crippen LogP contribution in [-0.2, 0) is 6.18 Å². The van der Waals surface area contributed by atoms with Gasteiger partial charge in [0.15, 0.2) is 0 Å². The molecule has 0 atom stereocenters. The van der Waals surface area contributed by atoms with Crippen molar-refractivity contribution in [3.8, 4) is 5.69 Å². The molecule has 0 bridgehead atoms. The number of carbonyl (C=O) groups is 2. The minimum atomic E-state index is -4.53. The number of nitrogens with one attached hydrogen (secondary N) is 2. The first-order valence-corrected chi connectivity index (χ1v) is 8.65. The van der Waals surface area contributed by atoms with Gasteiger partial charge in [-0.05, 0) is 31.2 Å². The van der Waals surface area contributed by atoms with Gasteiger partial charge >= 0.3 is 6.18 Å². The highest BCUT2D eigenvalue weighted by molar-refractivity contribution is 5.99. The lowest BCUT2D eigenvalue weighted by atomic mass is 10.2. The molecule has 2 aromatic carbocycles. The summed E-state index contributed by atoms with van der Waals surface area (Å²) in [6.07, 6.45) is -3.39. The molecule has 2 N–H and O–H groups in total. The third-order valence-electron chi connectivity index (χ3n) is 4.28. The van der Waals surface area contributed by atoms with Crippen molar-refractivity contribution in [2.75, 3.05) is 0 Å². The molecule has 9 nitrogen and oxygen atoms in total. The molecule has 0 aliphatic carbocycles. The fourth-order valence-electron chi connectivity index (χ4n) is 2.72. The molecular formula is C19H14F3N5O4. The highest BCUT2D eigenvalue weighted by Gasteiger charge is 2.30. The van der Waals surface area contributed by atoms with E-state index in [9.17, 15) is 32.9 Å². The van der Waals surface area contributed by atoms with Gasteiger partial charge in [0, 0.05) is 17.7 Å². The van der Waals surface area contributed by atoms with Gasteiger partial charge in [-0.15, -0.1) is 0 Å². The third kappa shape index (κ3) is 4.69. The van der Waals surface area contributed by atoms with Crippen molar-refractivity contribution in [2.45, 2.75) is 13.1 Å². The number of non-ortho nitro benzene ring substituents is 1. The number of hydrogen-bond donors (Lipinski definition) is 2. The Balaban J connectivity index is 1.74. The Morgan fingerprint density at radius 2 is 1.74 bits per heavy atom. The summed E-state index contributed by atoms with van der Waals surface area (Å²) >= 11 is 0. The standard InChI is InChI=1S/C19H14F3N5O4/c1-11-16(10-23-26(11)14-6-3-5-13(9-14)19(20,21)22)18(29)25-24-17(28)12-4-2-7-15(8-12)27(30)31/h2-10H,1H3,(H,24,28)(H,25,29). The molecule has 1 heterocycles. The summed E-state index contributed by atoms with van der Waals surface area (Å²) in [5, 5.41) is 14.7. The van der Waals surface area contributed by atoms with Crippen molar-refractivity contribution in [1.82, 2.24) is 20.6 Å². The van der Waals surface area contributed by atoms with Crippen molar-refractivity contribution in [2.24, 2.45) is 0 Å². The molecule has 0 aliphatic heterocycles. The SMILES string of the molecule is Cc1c(C(=O)NNC(=O)c2cccc([N+](=O)[O-])c2)cnn1-c1cccc(C(F)(F)F)c1. The van der Waals surface area contributed by atoms with Gasteiger partial charge in [0.2, 0.25) is 0 Å². The summed E-state index contributed by atoms with van der Waals surface area (Å²) in [7, 11) is 0. The predicted octanol–water partition coefficient (Wildman–Crippen LogP) is 3.18. The van der Waals surface area contributed by atoms with Crippen molar-refractivity contribution in [3.05, 3.63) is 87.2 Å². The number of nitrogens with zero attached hydrogens (tertiary/aromatic N) is 3. The van der Waals surface area contributed by atoms with Crippen molar-refractivity contribution in [1.29, 1.82) is 0 Å². The number of alkyl halides is 3. The summed E-state index contributed by atoms with van der Waals surface area (Å²) < 4.78 is 40.0. The maximum absolute atomic E-state index is 12.9. The second-order valence-corrected chi connectivity index (χ2v) is 6.32. The lowest BCUT2D eigenvalue weighted by Crippen LogP contribution is -2.41. The zero-order valence-electron chi connectivity index (χ0n) is 15.8. The topological polar surface area (TPSA) is 119 Å². The predicted molar refractivity (Wildman–Crippen MR) is 101 cm³/mol. The second kappa shape index (κ2) is 8.26. The number of hydrogen-bond acceptors (Lipinski definition) is 5. The molecule has 0 spiro atoms. The number of aromatic nitrogens is 2. The monoisotopic (exact) mass is 433 g/mol. The van der Waals surface area contributed by atoms with Crippen LogP contribution >= 0.6 is 0 Å². The van der Waals surface area contributed by atoms with Crippen LogP contribution in [0.25, 0.3) is 5.69 Å². The Morgan fingerprint density at radius 1 is 1.06 bits per heavy atom. The Morgan fingerprint density at radius 3 is 2.42 bits per heavy atom. The van der Waals surface area contributed by atoms with Crippen LogP contribution < -0.4 is 10.9 Å². The maximum atomic E-state index is 12.9. The minimum Gasteiger partial charge on any atom is -0.267 e. The van der Waals surface area contributed by atoms with Crippen molar-refractivity contribution in [3.63, 3.8) is 0 Å². The normalized spacial score (nSPS) is 11.1. The van der Waals surface area contributed by atoms with E-state index in [2.05, 4.69) is 16.0 Å². The molecule has 0 aliphatic rings. The zero-order valence-corrected chi connectivity index (χ0v) is 15.8. The Hall–Kier alpha value is -4.22. The van der Waals surface area contributed by atoms with Gasteiger partial charge in [0.25, 0.3) is 17.5 Å². The van der Waals surface area contributed by atoms with Gasteiger partial charge in [0.1, 0.15) is 0 Å². The number of halogens is 3. The largest absolute Gasteiger partial charge is 0.416 e. The van der Waals surface area contributed by atoms with Crippen LogP contribution in [0, 0.1) is 17.0 Å². The molecule has 3 aromatic rings. The van der Waals surface area contributed by atoms with Crippen LogP contribution in [0.1, 0.15) is 32.0 Å². The molecular weight excluding hydrogens is 419 g/mol. The third-order valence-corrected chi connectivity index (χ3v) is 4.28. The van der Waals surface area contributed by atoms with E-state index in [-0.39, 0.29) is 28.2 Å². The lowest BCUT2D eigenvalue weighted by molar-refractivity contribution is -0.384. The number of amides is 2. The molecule has 0 unspecified atom stereocenters. The summed E-state index contributed by atoms with van der Waals surface area (Å²) in [5.41, 5.74) is 3.41. The minimum absolute atomic E-state index is 0.0109. The van der Waals surface area contributed by atoms with Crippen LogP contribution in [0.15, 0.2) is 54.7 Å². The van der Waals surface area contributed by atoms with Crippen molar-refractivity contribution < 1.29 is 27.7 Å². The van der Waals surface area contributed by atoms with Gasteiger partial charge in [-0.1, -0.05) is 12.1 Å². The summed E-state index contributed by atoms with van der Waals surface area (Å²) in [6.45, 7) is 1.48. The van der Waals surface area contributed by atoms with E-state index in [1.807, 2.05) is 0 Å². The van der Waals surface area contributed by atoms with Gasteiger partial charge in [0.05, 0.1) is 33.6 Å². The summed E-state index contributed by atoms with van der Waals surface area (Å²) in [5.74, 6) is -1.56. The Labute approximate surface area is 172 Å². The number of nitro benzene ring substituents is 1. The average Bonchev–Trinajstić information content (AvgIpc) is 3.12. The van der Waals surface area contributed by atoms with Crippen LogP contribution in [-0.4, -0.2) is 26.5 Å². The number of benzene rings is 2. The van der Waals surface area contributed by atoms with E-state index in [4.69, 9.17) is 0 Å². The zero-order chi connectivity index (χ0) is 22.8. The first-order chi connectivity index (χ1) is 14.6. The first kappa shape index (κ1) is 21.5. The molecule has 0 saturated carbocycles. The maximum Gasteiger partial charge on any atom is 0.416 e. The van der Waals surface area contributed by atoms with E-state index in [1.54, 1.807) is 0 Å². The highest BCUT2D eigenvalue weighted by Crippen LogP contribution is 2.30. The highest BCUT2D eigenvalue weighted by atomic mass is 19.4. The average molecular weight is 433 g/mol. The van der Waals surface area contributed by atoms with Gasteiger partial charge in [-0.25, -0.2) is 4.68 Å². The first-order valence-electron chi connectivity index (χ1n) is 8.65. The van der Waals surface area contributed by atoms with E-state index in [0.717, 1.165) is 29.1 Å². The lowest BCUT2D eigenvalue weighted by Gasteiger charge is -2.10. The fraction of sp³-hybridized carbons (Fsp3) is 0.105. The quantitative estimate of drug-likeness (QED) is 0.484. The van der Waals surface area contributed by atoms with Crippen molar-refractivity contribution >= 4 is 17.5 Å². The molecule has 0 radical (unpaired) electrons. The smallest absolute Gasteiger partial charge is 0.267 e. The second-order valence-electron chi connectivity index (χ2n) is 6.32. The Bertz CT molecular complexity index is 1170. The molecule has 0 fully saturated rings. The van der Waals surface area contributed by atoms with E-state index >= 15 is 0 Å².